The molecule has 0 bridgehead atoms. The van der Waals surface area contributed by atoms with Gasteiger partial charge < -0.3 is 15.4 Å². The molecule has 0 heterocycles. The summed E-state index contributed by atoms with van der Waals surface area (Å²) < 4.78 is 28.8. The molecule has 0 radical (unpaired) electrons. The van der Waals surface area contributed by atoms with Crippen molar-refractivity contribution in [1.29, 1.82) is 0 Å². The van der Waals surface area contributed by atoms with E-state index in [2.05, 4.69) is 10.6 Å². The van der Waals surface area contributed by atoms with Gasteiger partial charge in [0.25, 0.3) is 0 Å². The van der Waals surface area contributed by atoms with Crippen LogP contribution in [0.4, 0.5) is 5.69 Å². The molecule has 2 rings (SSSR count). The van der Waals surface area contributed by atoms with E-state index < -0.39 is 9.84 Å². The number of hydrogen-bond acceptors (Lipinski definition) is 4. The Morgan fingerprint density at radius 3 is 2.15 bits per heavy atom. The van der Waals surface area contributed by atoms with E-state index >= 15 is 0 Å². The summed E-state index contributed by atoms with van der Waals surface area (Å²) in [7, 11) is -3.20. The van der Waals surface area contributed by atoms with E-state index in [0.29, 0.717) is 10.0 Å². The van der Waals surface area contributed by atoms with Gasteiger partial charge in [0.15, 0.2) is 14.9 Å². The highest BCUT2D eigenvalue weighted by atomic mass is 32.2. The second-order valence-electron chi connectivity index (χ2n) is 6.59. The maximum atomic E-state index is 11.6. The quantitative estimate of drug-likeness (QED) is 0.668. The molecule has 2 N–H and O–H groups in total. The molecule has 0 saturated heterocycles. The molecule has 0 amide bonds. The lowest BCUT2D eigenvalue weighted by atomic mass is 10.1. The Balaban J connectivity index is 2.00. The van der Waals surface area contributed by atoms with Crippen LogP contribution in [0.15, 0.2) is 53.4 Å². The van der Waals surface area contributed by atoms with Crippen LogP contribution in [0.3, 0.4) is 0 Å². The van der Waals surface area contributed by atoms with E-state index in [1.165, 1.54) is 6.26 Å². The molecule has 5 nitrogen and oxygen atoms in total. The Morgan fingerprint density at radius 2 is 1.67 bits per heavy atom. The van der Waals surface area contributed by atoms with E-state index in [0.717, 1.165) is 23.4 Å². The van der Waals surface area contributed by atoms with Crippen molar-refractivity contribution in [1.82, 2.24) is 5.32 Å². The third kappa shape index (κ3) is 6.52. The van der Waals surface area contributed by atoms with Crippen molar-refractivity contribution in [2.24, 2.45) is 0 Å². The van der Waals surface area contributed by atoms with Crippen molar-refractivity contribution in [2.75, 3.05) is 11.6 Å². The van der Waals surface area contributed by atoms with Gasteiger partial charge in [-0.05, 0) is 74.4 Å². The van der Waals surface area contributed by atoms with Crippen LogP contribution in [0.2, 0.25) is 0 Å². The highest BCUT2D eigenvalue weighted by molar-refractivity contribution is 7.90. The molecule has 27 heavy (non-hydrogen) atoms. The summed E-state index contributed by atoms with van der Waals surface area (Å²) in [6, 6.07) is 14.5. The molecular formula is C20H26N2O3S2. The number of anilines is 1. The zero-order valence-electron chi connectivity index (χ0n) is 16.0. The second-order valence-corrected chi connectivity index (χ2v) is 9.02. The molecule has 0 aliphatic rings. The van der Waals surface area contributed by atoms with Gasteiger partial charge in [0, 0.05) is 11.9 Å². The largest absolute Gasteiger partial charge is 0.491 e. The fraction of sp³-hybridized carbons (Fsp3) is 0.350. The van der Waals surface area contributed by atoms with Crippen molar-refractivity contribution in [3.63, 3.8) is 0 Å². The Bertz CT molecular complexity index is 861. The first-order valence-corrected chi connectivity index (χ1v) is 11.1. The van der Waals surface area contributed by atoms with Crippen molar-refractivity contribution in [3.05, 3.63) is 54.1 Å². The maximum absolute atomic E-state index is 11.6. The average Bonchev–Trinajstić information content (AvgIpc) is 2.60. The SMILES string of the molecule is CC[C@H](NC(=S)Nc1ccc(OC(C)C)cc1)c1ccc(S(C)(=O)=O)cc1. The minimum Gasteiger partial charge on any atom is -0.491 e. The molecule has 7 heteroatoms. The van der Waals surface area contributed by atoms with Crippen molar-refractivity contribution in [2.45, 2.75) is 44.2 Å². The van der Waals surface area contributed by atoms with Gasteiger partial charge in [0.1, 0.15) is 5.75 Å². The lowest BCUT2D eigenvalue weighted by Gasteiger charge is -2.20. The van der Waals surface area contributed by atoms with Crippen molar-refractivity contribution in [3.8, 4) is 5.75 Å². The van der Waals surface area contributed by atoms with Crippen LogP contribution in [0, 0.1) is 0 Å². The highest BCUT2D eigenvalue weighted by Crippen LogP contribution is 2.20. The number of nitrogens with one attached hydrogen (secondary N) is 2. The molecule has 2 aromatic rings. The third-order valence-electron chi connectivity index (χ3n) is 3.91. The van der Waals surface area contributed by atoms with Crippen LogP contribution in [0.25, 0.3) is 0 Å². The average molecular weight is 407 g/mol. The van der Waals surface area contributed by atoms with Gasteiger partial charge in [-0.25, -0.2) is 8.42 Å². The van der Waals surface area contributed by atoms with E-state index in [1.54, 1.807) is 12.1 Å². The Hall–Kier alpha value is -2.12. The summed E-state index contributed by atoms with van der Waals surface area (Å²) in [5.41, 5.74) is 1.85. The predicted molar refractivity (Wildman–Crippen MR) is 114 cm³/mol. The van der Waals surface area contributed by atoms with E-state index in [1.807, 2.05) is 57.2 Å². The van der Waals surface area contributed by atoms with E-state index in [9.17, 15) is 8.42 Å². The van der Waals surface area contributed by atoms with Gasteiger partial charge in [0.2, 0.25) is 0 Å². The van der Waals surface area contributed by atoms with Crippen LogP contribution >= 0.6 is 12.2 Å². The molecule has 146 valence electrons. The van der Waals surface area contributed by atoms with Crippen LogP contribution in [-0.4, -0.2) is 25.9 Å². The van der Waals surface area contributed by atoms with Crippen LogP contribution in [0.5, 0.6) is 5.75 Å². The first-order chi connectivity index (χ1) is 12.7. The van der Waals surface area contributed by atoms with Gasteiger partial charge in [-0.2, -0.15) is 0 Å². The van der Waals surface area contributed by atoms with Gasteiger partial charge in [-0.15, -0.1) is 0 Å². The van der Waals surface area contributed by atoms with Gasteiger partial charge >= 0.3 is 0 Å². The smallest absolute Gasteiger partial charge is 0.175 e. The molecule has 0 fully saturated rings. The third-order valence-corrected chi connectivity index (χ3v) is 5.26. The number of hydrogen-bond donors (Lipinski definition) is 2. The number of ether oxygens (including phenoxy) is 1. The van der Waals surface area contributed by atoms with Crippen LogP contribution < -0.4 is 15.4 Å². The standard InChI is InChI=1S/C20H26N2O3S2/c1-5-19(15-6-12-18(13-7-15)27(4,23)24)22-20(26)21-16-8-10-17(11-9-16)25-14(2)3/h6-14,19H,5H2,1-4H3,(H2,21,22,26)/t19-/m0/s1. The molecule has 0 aromatic heterocycles. The molecule has 0 aliphatic carbocycles. The molecule has 2 aromatic carbocycles. The fourth-order valence-corrected chi connectivity index (χ4v) is 3.47. The van der Waals surface area contributed by atoms with E-state index in [-0.39, 0.29) is 12.1 Å². The summed E-state index contributed by atoms with van der Waals surface area (Å²) in [5, 5.41) is 6.94. The topological polar surface area (TPSA) is 67.4 Å². The van der Waals surface area contributed by atoms with Gasteiger partial charge in [-0.1, -0.05) is 19.1 Å². The monoisotopic (exact) mass is 406 g/mol. The van der Waals surface area contributed by atoms with Gasteiger partial charge in [0.05, 0.1) is 17.0 Å². The van der Waals surface area contributed by atoms with E-state index in [4.69, 9.17) is 17.0 Å². The number of rotatable bonds is 7. The van der Waals surface area contributed by atoms with Crippen molar-refractivity contribution < 1.29 is 13.2 Å². The molecule has 0 unspecified atom stereocenters. The lowest BCUT2D eigenvalue weighted by Crippen LogP contribution is -2.32. The summed E-state index contributed by atoms with van der Waals surface area (Å²) in [6.45, 7) is 6.01. The van der Waals surface area contributed by atoms with Crippen molar-refractivity contribution >= 4 is 32.9 Å². The Morgan fingerprint density at radius 1 is 1.07 bits per heavy atom. The zero-order valence-corrected chi connectivity index (χ0v) is 17.7. The molecule has 0 spiro atoms. The zero-order chi connectivity index (χ0) is 20.0. The Kier molecular flexibility index (Phi) is 7.21. The molecule has 0 saturated carbocycles. The summed E-state index contributed by atoms with van der Waals surface area (Å²) in [5.74, 6) is 0.812. The summed E-state index contributed by atoms with van der Waals surface area (Å²) >= 11 is 5.42. The first kappa shape index (κ1) is 21.2. The molecule has 1 atom stereocenters. The summed E-state index contributed by atoms with van der Waals surface area (Å²) in [6.07, 6.45) is 2.14. The summed E-state index contributed by atoms with van der Waals surface area (Å²) in [4.78, 5) is 0.311. The number of sulfone groups is 1. The van der Waals surface area contributed by atoms with Crippen LogP contribution in [-0.2, 0) is 9.84 Å². The van der Waals surface area contributed by atoms with Gasteiger partial charge in [-0.3, -0.25) is 0 Å². The normalized spacial score (nSPS) is 12.5. The first-order valence-electron chi connectivity index (χ1n) is 8.83. The lowest BCUT2D eigenvalue weighted by molar-refractivity contribution is 0.242. The number of thiocarbonyl (C=S) groups is 1. The highest BCUT2D eigenvalue weighted by Gasteiger charge is 2.13. The molecule has 0 aliphatic heterocycles. The van der Waals surface area contributed by atoms with Crippen LogP contribution in [0.1, 0.15) is 38.8 Å². The molecular weight excluding hydrogens is 380 g/mol. The number of benzene rings is 2. The maximum Gasteiger partial charge on any atom is 0.175 e. The minimum absolute atomic E-state index is 0.0119. The fourth-order valence-electron chi connectivity index (χ4n) is 2.58. The minimum atomic E-state index is -3.20. The second kappa shape index (κ2) is 9.19. The predicted octanol–water partition coefficient (Wildman–Crippen LogP) is 4.32. The Labute approximate surface area is 167 Å².